The van der Waals surface area contributed by atoms with Crippen molar-refractivity contribution in [2.24, 2.45) is 0 Å². The molecule has 0 saturated carbocycles. The van der Waals surface area contributed by atoms with Gasteiger partial charge in [-0.1, -0.05) is 0 Å². The molecule has 0 aromatic heterocycles. The van der Waals surface area contributed by atoms with Gasteiger partial charge in [0, 0.05) is 0 Å². The summed E-state index contributed by atoms with van der Waals surface area (Å²) in [6.07, 6.45) is 0. The van der Waals surface area contributed by atoms with Crippen LogP contribution in [0.2, 0.25) is 0 Å². The van der Waals surface area contributed by atoms with Gasteiger partial charge < -0.3 is 0 Å². The van der Waals surface area contributed by atoms with Crippen LogP contribution in [0.5, 0.6) is 0 Å². The van der Waals surface area contributed by atoms with Crippen molar-refractivity contribution in [3.63, 3.8) is 0 Å². The minimum absolute atomic E-state index is 1.00. The predicted octanol–water partition coefficient (Wildman–Crippen LogP) is 14.9. The molecule has 54 heavy (non-hydrogen) atoms. The summed E-state index contributed by atoms with van der Waals surface area (Å²) in [4.78, 5) is 0. The summed E-state index contributed by atoms with van der Waals surface area (Å²) in [6.45, 7) is 0. The van der Waals surface area contributed by atoms with Crippen LogP contribution in [0, 0.1) is 0 Å². The number of hydrogen-bond donors (Lipinski definition) is 0. The molecule has 8 aromatic rings. The molecule has 0 N–H and O–H groups in total. The molecule has 6 heteroatoms. The first-order valence-corrected chi connectivity index (χ1v) is 22.1. The van der Waals surface area contributed by atoms with Crippen LogP contribution >= 0.6 is 21.4 Å². The monoisotopic (exact) mass is 782 g/mol. The van der Waals surface area contributed by atoms with Crippen LogP contribution < -0.4 is 18.7 Å². The van der Waals surface area contributed by atoms with Crippen LogP contribution in [0.4, 0.5) is 45.5 Å². The summed E-state index contributed by atoms with van der Waals surface area (Å²) in [5.41, 5.74) is 8.03. The van der Waals surface area contributed by atoms with E-state index in [0.717, 1.165) is 45.5 Å². The third-order valence-corrected chi connectivity index (χ3v) is 17.8. The molecule has 4 nitrogen and oxygen atoms in total. The topological polar surface area (TPSA) is 13.0 Å². The number of anilines is 8. The Morgan fingerprint density at radius 2 is 0.315 bits per heavy atom. The van der Waals surface area contributed by atoms with E-state index in [0.29, 0.717) is 0 Å². The molecule has 0 radical (unpaired) electrons. The van der Waals surface area contributed by atoms with Gasteiger partial charge in [0.25, 0.3) is 0 Å². The number of rotatable bonds is 12. The van der Waals surface area contributed by atoms with Gasteiger partial charge in [0.05, 0.1) is 0 Å². The molecule has 0 amide bonds. The van der Waals surface area contributed by atoms with Gasteiger partial charge in [-0.3, -0.25) is 0 Å². The molecule has 0 aliphatic rings. The SMILES string of the molecule is BrP(N(c1ccccc1)c1ccccc1)(N(c1ccccc1)c1ccccc1)(N(c1ccccc1)c1ccccc1)N(c1ccccc1)c1ccccc1. The Morgan fingerprint density at radius 3 is 0.426 bits per heavy atom. The van der Waals surface area contributed by atoms with E-state index < -0.39 is 5.91 Å². The fraction of sp³-hybridized carbons (Fsp3) is 0. The Labute approximate surface area is 326 Å². The fourth-order valence-corrected chi connectivity index (χ4v) is 17.0. The number of para-hydroxylation sites is 8. The summed E-state index contributed by atoms with van der Waals surface area (Å²) in [5.74, 6) is -4.67. The second-order valence-corrected chi connectivity index (χ2v) is 19.9. The van der Waals surface area contributed by atoms with Crippen molar-refractivity contribution in [1.29, 1.82) is 0 Å². The van der Waals surface area contributed by atoms with Crippen LogP contribution in [0.1, 0.15) is 0 Å². The molecular weight excluding hydrogens is 743 g/mol. The zero-order valence-electron chi connectivity index (χ0n) is 29.7. The summed E-state index contributed by atoms with van der Waals surface area (Å²) >= 11 is 5.09. The van der Waals surface area contributed by atoms with Gasteiger partial charge in [-0.2, -0.15) is 0 Å². The van der Waals surface area contributed by atoms with E-state index in [4.69, 9.17) is 15.5 Å². The Kier molecular flexibility index (Phi) is 10.00. The molecule has 0 heterocycles. The fourth-order valence-electron chi connectivity index (χ4n) is 7.28. The number of benzene rings is 8. The normalized spacial score (nSPS) is 11.8. The molecule has 0 spiro atoms. The third kappa shape index (κ3) is 6.22. The molecule has 264 valence electrons. The van der Waals surface area contributed by atoms with E-state index in [1.54, 1.807) is 0 Å². The van der Waals surface area contributed by atoms with Crippen LogP contribution in [-0.2, 0) is 0 Å². The molecule has 0 unspecified atom stereocenters. The van der Waals surface area contributed by atoms with E-state index >= 15 is 0 Å². The number of nitrogens with zero attached hydrogens (tertiary/aromatic N) is 4. The van der Waals surface area contributed by atoms with Gasteiger partial charge in [0.2, 0.25) is 0 Å². The molecule has 8 aromatic carbocycles. The molecule has 0 aliphatic heterocycles. The van der Waals surface area contributed by atoms with Gasteiger partial charge in [-0.25, -0.2) is 0 Å². The Morgan fingerprint density at radius 1 is 0.204 bits per heavy atom. The van der Waals surface area contributed by atoms with Crippen molar-refractivity contribution < 1.29 is 0 Å². The summed E-state index contributed by atoms with van der Waals surface area (Å²) in [5, 5.41) is 0. The Balaban J connectivity index is 1.71. The first kappa shape index (κ1) is 34.9. The molecule has 8 rings (SSSR count). The average Bonchev–Trinajstić information content (AvgIpc) is 3.24. The van der Waals surface area contributed by atoms with E-state index in [-0.39, 0.29) is 0 Å². The molecule has 0 saturated heterocycles. The van der Waals surface area contributed by atoms with Crippen molar-refractivity contribution >= 4 is 66.9 Å². The number of hydrogen-bond acceptors (Lipinski definition) is 4. The minimum atomic E-state index is -4.67. The van der Waals surface area contributed by atoms with E-state index in [9.17, 15) is 0 Å². The molecule has 0 atom stereocenters. The van der Waals surface area contributed by atoms with Gasteiger partial charge in [-0.05, 0) is 0 Å². The van der Waals surface area contributed by atoms with E-state index in [2.05, 4.69) is 261 Å². The Hall–Kier alpha value is -6.13. The van der Waals surface area contributed by atoms with Crippen molar-refractivity contribution in [2.75, 3.05) is 18.7 Å². The first-order chi connectivity index (χ1) is 26.7. The maximum atomic E-state index is 5.09. The standard InChI is InChI=1S/C48H40BrN4P/c49-54(50(41-25-9-1-10-26-41)42-27-11-2-12-28-42,51(43-29-13-3-14-30-43)44-31-15-4-16-32-44,52(45-33-17-5-18-34-45)46-35-19-6-20-36-46)53(47-37-21-7-22-38-47)48-39-23-8-24-40-48/h1-40H. The predicted molar refractivity (Wildman–Crippen MR) is 236 cm³/mol. The summed E-state index contributed by atoms with van der Waals surface area (Å²) in [7, 11) is 0. The molecule has 0 fully saturated rings. The zero-order chi connectivity index (χ0) is 36.7. The quantitative estimate of drug-likeness (QED) is 0.114. The first-order valence-electron chi connectivity index (χ1n) is 18.0. The molecule has 0 aliphatic carbocycles. The van der Waals surface area contributed by atoms with Crippen LogP contribution in [0.3, 0.4) is 0 Å². The van der Waals surface area contributed by atoms with Gasteiger partial charge in [0.15, 0.2) is 0 Å². The van der Waals surface area contributed by atoms with Crippen molar-refractivity contribution in [3.05, 3.63) is 243 Å². The van der Waals surface area contributed by atoms with Crippen molar-refractivity contribution in [2.45, 2.75) is 0 Å². The van der Waals surface area contributed by atoms with Crippen LogP contribution in [-0.4, -0.2) is 0 Å². The van der Waals surface area contributed by atoms with E-state index in [1.165, 1.54) is 0 Å². The zero-order valence-corrected chi connectivity index (χ0v) is 32.2. The summed E-state index contributed by atoms with van der Waals surface area (Å²) < 4.78 is 10.2. The van der Waals surface area contributed by atoms with Crippen molar-refractivity contribution in [3.8, 4) is 0 Å². The van der Waals surface area contributed by atoms with Gasteiger partial charge in [-0.15, -0.1) is 0 Å². The second kappa shape index (κ2) is 15.5. The van der Waals surface area contributed by atoms with Crippen LogP contribution in [0.15, 0.2) is 243 Å². The number of halogens is 1. The molecular formula is C48H40BrN4P. The summed E-state index contributed by atoms with van der Waals surface area (Å²) in [6, 6.07) is 86.1. The van der Waals surface area contributed by atoms with Crippen molar-refractivity contribution in [1.82, 2.24) is 0 Å². The van der Waals surface area contributed by atoms with Gasteiger partial charge >= 0.3 is 328 Å². The van der Waals surface area contributed by atoms with Crippen LogP contribution in [0.25, 0.3) is 0 Å². The van der Waals surface area contributed by atoms with E-state index in [1.807, 2.05) is 0 Å². The molecule has 0 bridgehead atoms. The third-order valence-electron chi connectivity index (χ3n) is 9.38. The average molecular weight is 784 g/mol. The Bertz CT molecular complexity index is 1850. The van der Waals surface area contributed by atoms with Gasteiger partial charge in [0.1, 0.15) is 0 Å². The second-order valence-electron chi connectivity index (χ2n) is 12.8. The maximum absolute atomic E-state index is 5.09.